The molecule has 0 aliphatic carbocycles. The molecule has 36 heavy (non-hydrogen) atoms. The number of benzene rings is 5. The van der Waals surface area contributed by atoms with E-state index in [0.29, 0.717) is 0 Å². The quantitative estimate of drug-likeness (QED) is 0.235. The van der Waals surface area contributed by atoms with Gasteiger partial charge in [-0.3, -0.25) is 0 Å². The summed E-state index contributed by atoms with van der Waals surface area (Å²) in [6.45, 7) is 9.04. The second-order valence-electron chi connectivity index (χ2n) is 9.31. The van der Waals surface area contributed by atoms with Gasteiger partial charge >= 0.3 is 0 Å². The molecule has 0 heterocycles. The second kappa shape index (κ2) is 10.9. The third-order valence-electron chi connectivity index (χ3n) is 6.79. The average Bonchev–Trinajstić information content (AvgIpc) is 2.89. The molecule has 0 fully saturated rings. The normalized spacial score (nSPS) is 11.3. The third-order valence-corrected chi connectivity index (χ3v) is 12.6. The largest absolute Gasteiger partial charge is 0.0620 e. The molecule has 0 radical (unpaired) electrons. The molecule has 5 aromatic carbocycles. The lowest BCUT2D eigenvalue weighted by atomic mass is 10.2. The van der Waals surface area contributed by atoms with Gasteiger partial charge in [0.15, 0.2) is 0 Å². The lowest BCUT2D eigenvalue weighted by Gasteiger charge is -2.30. The maximum atomic E-state index is 2.39. The fourth-order valence-corrected chi connectivity index (χ4v) is 10.8. The van der Waals surface area contributed by atoms with Gasteiger partial charge in [0, 0.05) is 0 Å². The molecule has 0 nitrogen and oxygen atoms in total. The van der Waals surface area contributed by atoms with Crippen molar-refractivity contribution in [2.24, 2.45) is 0 Å². The monoisotopic (exact) mass is 502 g/mol. The summed E-state index contributed by atoms with van der Waals surface area (Å²) in [7, 11) is -1.45. The van der Waals surface area contributed by atoms with Gasteiger partial charge < -0.3 is 0 Å². The van der Waals surface area contributed by atoms with E-state index in [1.54, 1.807) is 0 Å². The summed E-state index contributed by atoms with van der Waals surface area (Å²) in [5, 5.41) is 8.71. The molecule has 0 N–H and O–H groups in total. The topological polar surface area (TPSA) is 0 Å². The Morgan fingerprint density at radius 2 is 0.472 bits per heavy atom. The van der Waals surface area contributed by atoms with E-state index in [-0.39, 0.29) is 0 Å². The first-order valence-corrected chi connectivity index (χ1v) is 15.2. The Labute approximate surface area is 218 Å². The van der Waals surface area contributed by atoms with E-state index in [2.05, 4.69) is 149 Å². The van der Waals surface area contributed by atoms with E-state index in [0.717, 1.165) is 0 Å². The molecular formula is C34H32P2. The van der Waals surface area contributed by atoms with Gasteiger partial charge in [0.2, 0.25) is 0 Å². The van der Waals surface area contributed by atoms with Crippen LogP contribution in [0.3, 0.4) is 0 Å². The van der Waals surface area contributed by atoms with Gasteiger partial charge in [-0.15, -0.1) is 0 Å². The number of aryl methyl sites for hydroxylation is 4. The second-order valence-corrected chi connectivity index (χ2v) is 13.5. The van der Waals surface area contributed by atoms with Crippen molar-refractivity contribution in [3.05, 3.63) is 144 Å². The standard InChI is InChI=1S/C34H32P2/c1-25-15-5-9-19-29(25)35(30-20-10-6-16-26(30)2)33-23-13-14-24-34(33)36(31-21-11-7-17-27(31)3)32-22-12-8-18-28(32)4/h5-24H,1-4H3. The molecule has 0 aliphatic rings. The van der Waals surface area contributed by atoms with Crippen LogP contribution in [0.4, 0.5) is 0 Å². The fraction of sp³-hybridized carbons (Fsp3) is 0.118. The molecule has 0 amide bonds. The lowest BCUT2D eigenvalue weighted by Crippen LogP contribution is -2.36. The highest BCUT2D eigenvalue weighted by molar-refractivity contribution is 7.85. The van der Waals surface area contributed by atoms with E-state index in [9.17, 15) is 0 Å². The van der Waals surface area contributed by atoms with Crippen LogP contribution in [0.2, 0.25) is 0 Å². The molecule has 5 aromatic rings. The number of rotatable bonds is 6. The van der Waals surface area contributed by atoms with Crippen molar-refractivity contribution in [1.29, 1.82) is 0 Å². The van der Waals surface area contributed by atoms with Crippen LogP contribution in [0, 0.1) is 27.7 Å². The van der Waals surface area contributed by atoms with Gasteiger partial charge in [0.25, 0.3) is 0 Å². The van der Waals surface area contributed by atoms with Crippen molar-refractivity contribution in [3.8, 4) is 0 Å². The fourth-order valence-electron chi connectivity index (χ4n) is 4.88. The van der Waals surface area contributed by atoms with Crippen LogP contribution in [0.5, 0.6) is 0 Å². The van der Waals surface area contributed by atoms with E-state index in [1.807, 2.05) is 0 Å². The third kappa shape index (κ3) is 4.82. The minimum Gasteiger partial charge on any atom is -0.0620 e. The molecule has 0 aromatic heterocycles. The Morgan fingerprint density at radius 3 is 0.694 bits per heavy atom. The van der Waals surface area contributed by atoms with E-state index in [1.165, 1.54) is 54.1 Å². The molecule has 0 unspecified atom stereocenters. The van der Waals surface area contributed by atoms with Gasteiger partial charge in [-0.2, -0.15) is 0 Å². The van der Waals surface area contributed by atoms with Gasteiger partial charge in [-0.25, -0.2) is 0 Å². The summed E-state index contributed by atoms with van der Waals surface area (Å²) in [5.74, 6) is 0. The zero-order chi connectivity index (χ0) is 25.1. The molecule has 0 saturated heterocycles. The minimum atomic E-state index is -0.725. The summed E-state index contributed by atoms with van der Waals surface area (Å²) in [6, 6.07) is 45.1. The molecular weight excluding hydrogens is 470 g/mol. The van der Waals surface area contributed by atoms with Crippen LogP contribution in [-0.4, -0.2) is 0 Å². The Balaban J connectivity index is 1.83. The summed E-state index contributed by atoms with van der Waals surface area (Å²) < 4.78 is 0. The lowest BCUT2D eigenvalue weighted by molar-refractivity contribution is 1.50. The van der Waals surface area contributed by atoms with Gasteiger partial charge in [-0.05, 0) is 97.6 Å². The first kappa shape index (κ1) is 24.6. The summed E-state index contributed by atoms with van der Waals surface area (Å²) in [6.07, 6.45) is 0. The zero-order valence-electron chi connectivity index (χ0n) is 21.4. The SMILES string of the molecule is Cc1ccccc1P(c1ccccc1C)c1ccccc1P(c1ccccc1C)c1ccccc1C. The Kier molecular flexibility index (Phi) is 7.48. The maximum absolute atomic E-state index is 2.39. The van der Waals surface area contributed by atoms with Crippen molar-refractivity contribution in [2.75, 3.05) is 0 Å². The molecule has 0 aliphatic heterocycles. The molecule has 0 bridgehead atoms. The average molecular weight is 503 g/mol. The van der Waals surface area contributed by atoms with Crippen LogP contribution in [0.15, 0.2) is 121 Å². The predicted molar refractivity (Wildman–Crippen MR) is 163 cm³/mol. The molecule has 0 atom stereocenters. The molecule has 0 saturated carbocycles. The van der Waals surface area contributed by atoms with Crippen molar-refractivity contribution in [2.45, 2.75) is 27.7 Å². The molecule has 178 valence electrons. The van der Waals surface area contributed by atoms with Crippen LogP contribution >= 0.6 is 15.8 Å². The van der Waals surface area contributed by atoms with Crippen LogP contribution in [0.1, 0.15) is 22.3 Å². The van der Waals surface area contributed by atoms with Crippen LogP contribution < -0.4 is 31.8 Å². The van der Waals surface area contributed by atoms with Gasteiger partial charge in [-0.1, -0.05) is 121 Å². The molecule has 0 spiro atoms. The van der Waals surface area contributed by atoms with Gasteiger partial charge in [0.1, 0.15) is 0 Å². The van der Waals surface area contributed by atoms with Crippen molar-refractivity contribution >= 4 is 47.7 Å². The highest BCUT2D eigenvalue weighted by Gasteiger charge is 2.28. The van der Waals surface area contributed by atoms with E-state index in [4.69, 9.17) is 0 Å². The van der Waals surface area contributed by atoms with Gasteiger partial charge in [0.05, 0.1) is 0 Å². The summed E-state index contributed by atoms with van der Waals surface area (Å²) >= 11 is 0. The summed E-state index contributed by atoms with van der Waals surface area (Å²) in [4.78, 5) is 0. The Bertz CT molecular complexity index is 1300. The highest BCUT2D eigenvalue weighted by Crippen LogP contribution is 2.41. The maximum Gasteiger partial charge on any atom is -0.00674 e. The van der Waals surface area contributed by atoms with Crippen molar-refractivity contribution < 1.29 is 0 Å². The Hall–Kier alpha value is -3.04. The number of hydrogen-bond donors (Lipinski definition) is 0. The predicted octanol–water partition coefficient (Wildman–Crippen LogP) is 6.44. The number of hydrogen-bond acceptors (Lipinski definition) is 0. The highest BCUT2D eigenvalue weighted by atomic mass is 31.1. The first-order chi connectivity index (χ1) is 17.6. The van der Waals surface area contributed by atoms with E-state index < -0.39 is 15.8 Å². The van der Waals surface area contributed by atoms with Crippen molar-refractivity contribution in [1.82, 2.24) is 0 Å². The van der Waals surface area contributed by atoms with E-state index >= 15 is 0 Å². The Morgan fingerprint density at radius 1 is 0.278 bits per heavy atom. The summed E-state index contributed by atoms with van der Waals surface area (Å²) in [5.41, 5.74) is 5.44. The van der Waals surface area contributed by atoms with Crippen LogP contribution in [0.25, 0.3) is 0 Å². The smallest absolute Gasteiger partial charge is 0.00674 e. The molecule has 2 heteroatoms. The minimum absolute atomic E-state index is 0.725. The first-order valence-electron chi connectivity index (χ1n) is 12.5. The van der Waals surface area contributed by atoms with Crippen molar-refractivity contribution in [3.63, 3.8) is 0 Å². The van der Waals surface area contributed by atoms with Crippen LogP contribution in [-0.2, 0) is 0 Å². The zero-order valence-corrected chi connectivity index (χ0v) is 23.2. The molecule has 5 rings (SSSR count).